The maximum absolute atomic E-state index is 10.0. The normalized spacial score (nSPS) is 8.21. The number of carbonyl (C=O) groups is 4. The summed E-state index contributed by atoms with van der Waals surface area (Å²) in [6, 6.07) is 0. The molecule has 0 rings (SSSR count). The molecule has 0 aliphatic heterocycles. The second kappa shape index (κ2) is 64.9. The van der Waals surface area contributed by atoms with Crippen LogP contribution in [0.25, 0.3) is 0 Å². The van der Waals surface area contributed by atoms with Crippen molar-refractivity contribution in [2.24, 2.45) is 0 Å². The van der Waals surface area contributed by atoms with E-state index in [4.69, 9.17) is 20.4 Å². The molecule has 0 aromatic carbocycles. The van der Waals surface area contributed by atoms with E-state index >= 15 is 0 Å². The molecule has 0 fully saturated rings. The van der Waals surface area contributed by atoms with Crippen molar-refractivity contribution in [3.8, 4) is 0 Å². The van der Waals surface area contributed by atoms with E-state index in [0.29, 0.717) is 0 Å². The van der Waals surface area contributed by atoms with E-state index in [0.717, 1.165) is 0 Å². The van der Waals surface area contributed by atoms with Crippen molar-refractivity contribution >= 4 is 23.1 Å². The first kappa shape index (κ1) is 99.7. The van der Waals surface area contributed by atoms with E-state index in [1.807, 2.05) is 0 Å². The molecular formula is C20H52O18Zr. The van der Waals surface area contributed by atoms with Crippen LogP contribution in [0.2, 0.25) is 0 Å². The van der Waals surface area contributed by atoms with Gasteiger partial charge < -0.3 is 75.2 Å². The van der Waals surface area contributed by atoms with Gasteiger partial charge in [-0.2, -0.15) is 0 Å². The van der Waals surface area contributed by atoms with Crippen molar-refractivity contribution in [1.29, 1.82) is 0 Å². The van der Waals surface area contributed by atoms with Crippen LogP contribution in [0.15, 0.2) is 47.3 Å². The van der Waals surface area contributed by atoms with Gasteiger partial charge in [0.2, 0.25) is 0 Å². The zero-order valence-corrected chi connectivity index (χ0v) is 25.7. The Labute approximate surface area is 246 Å². The van der Waals surface area contributed by atoms with Gasteiger partial charge in [0.25, 0.3) is 0 Å². The summed E-state index contributed by atoms with van der Waals surface area (Å²) in [5.41, 5.74) is 0. The van der Waals surface area contributed by atoms with Crippen molar-refractivity contribution in [1.82, 2.24) is 0 Å². The van der Waals surface area contributed by atoms with Gasteiger partial charge in [-0.1, -0.05) is 0 Å². The van der Waals surface area contributed by atoms with Crippen molar-refractivity contribution < 1.29 is 121 Å². The van der Waals surface area contributed by atoms with Crippen LogP contribution in [0.4, 0.5) is 0 Å². The van der Waals surface area contributed by atoms with Crippen molar-refractivity contribution in [3.63, 3.8) is 0 Å². The smallest absolute Gasteiger partial charge is 0.155 e. The van der Waals surface area contributed by atoms with Crippen LogP contribution in [0.5, 0.6) is 0 Å². The molecule has 0 aliphatic carbocycles. The number of aliphatic hydroxyl groups is 4. The number of allylic oxidation sites excluding steroid dienone is 8. The van der Waals surface area contributed by atoms with Gasteiger partial charge in [-0.3, -0.25) is 19.2 Å². The third-order valence-corrected chi connectivity index (χ3v) is 1.65. The average Bonchev–Trinajstić information content (AvgIpc) is 2.32. The number of hydrogen-bond donors (Lipinski definition) is 4. The summed E-state index contributed by atoms with van der Waals surface area (Å²) < 4.78 is 0. The Bertz CT molecular complexity index is 527. The van der Waals surface area contributed by atoms with E-state index in [2.05, 4.69) is 0 Å². The van der Waals surface area contributed by atoms with Gasteiger partial charge >= 0.3 is 0 Å². The molecule has 0 atom stereocenters. The first-order valence-electron chi connectivity index (χ1n) is 8.02. The van der Waals surface area contributed by atoms with Crippen LogP contribution < -0.4 is 0 Å². The fourth-order valence-electron chi connectivity index (χ4n) is 1.18. The van der Waals surface area contributed by atoms with Gasteiger partial charge in [-0.05, 0) is 55.4 Å². The van der Waals surface area contributed by atoms with Crippen molar-refractivity contribution in [2.75, 3.05) is 0 Å². The molecule has 0 saturated carbocycles. The topological polar surface area (TPSA) is 464 Å². The monoisotopic (exact) mass is 670 g/mol. The first-order valence-corrected chi connectivity index (χ1v) is 8.02. The molecule has 244 valence electrons. The Balaban J connectivity index is -0.0000000138. The fourth-order valence-corrected chi connectivity index (χ4v) is 1.18. The van der Waals surface area contributed by atoms with Crippen LogP contribution in [0.3, 0.4) is 0 Å². The predicted molar refractivity (Wildman–Crippen MR) is 144 cm³/mol. The largest absolute Gasteiger partial charge is 0.512 e. The molecule has 0 aromatic heterocycles. The minimum atomic E-state index is -0.125. The Morgan fingerprint density at radius 2 is 0.410 bits per heavy atom. The van der Waals surface area contributed by atoms with Crippen molar-refractivity contribution in [3.05, 3.63) is 47.3 Å². The number of rotatable bonds is 4. The summed E-state index contributed by atoms with van der Waals surface area (Å²) >= 11 is 0. The molecule has 0 unspecified atom stereocenters. The van der Waals surface area contributed by atoms with E-state index in [9.17, 15) is 19.2 Å². The van der Waals surface area contributed by atoms with Gasteiger partial charge in [-0.25, -0.2) is 0 Å². The molecule has 0 spiro atoms. The van der Waals surface area contributed by atoms with Crippen LogP contribution in [0.1, 0.15) is 55.4 Å². The maximum atomic E-state index is 10.0. The molecule has 0 amide bonds. The molecular weight excluding hydrogens is 619 g/mol. The van der Waals surface area contributed by atoms with E-state index in [1.165, 1.54) is 79.7 Å². The maximum Gasteiger partial charge on any atom is 0.155 e. The molecule has 19 heteroatoms. The van der Waals surface area contributed by atoms with Crippen LogP contribution in [-0.4, -0.2) is 98.3 Å². The van der Waals surface area contributed by atoms with Gasteiger partial charge in [0.1, 0.15) is 0 Å². The number of hydrogen-bond acceptors (Lipinski definition) is 8. The number of aliphatic hydroxyl groups excluding tert-OH is 4. The molecule has 18 nitrogen and oxygen atoms in total. The van der Waals surface area contributed by atoms with Gasteiger partial charge in [0, 0.05) is 50.5 Å². The van der Waals surface area contributed by atoms with E-state index < -0.39 is 0 Å². The van der Waals surface area contributed by atoms with Crippen LogP contribution in [0, 0.1) is 0 Å². The fraction of sp³-hybridized carbons (Fsp3) is 0.400. The Kier molecular flexibility index (Phi) is 166. The zero-order chi connectivity index (χ0) is 23.4. The predicted octanol–water partition coefficient (Wildman–Crippen LogP) is -4.10. The summed E-state index contributed by atoms with van der Waals surface area (Å²) in [5, 5.41) is 33.5. The van der Waals surface area contributed by atoms with Crippen molar-refractivity contribution in [2.45, 2.75) is 55.4 Å². The number of ketones is 4. The van der Waals surface area contributed by atoms with Crippen LogP contribution >= 0.6 is 0 Å². The molecule has 0 radical (unpaired) electrons. The zero-order valence-electron chi connectivity index (χ0n) is 23.2. The number of carbonyl (C=O) groups excluding carboxylic acids is 4. The Hall–Kier alpha value is -2.68. The van der Waals surface area contributed by atoms with Crippen LogP contribution in [-0.2, 0) is 45.4 Å². The summed E-state index contributed by atoms with van der Waals surface area (Å²) in [5.74, 6) is -0.250. The second-order valence-corrected chi connectivity index (χ2v) is 5.59. The Morgan fingerprint density at radius 3 is 0.410 bits per heavy atom. The van der Waals surface area contributed by atoms with Gasteiger partial charge in [0.15, 0.2) is 23.1 Å². The third-order valence-electron chi connectivity index (χ3n) is 1.65. The first-order chi connectivity index (χ1) is 12.5. The SMILES string of the molecule is CC(=O)/C=C(/C)O.CC(=O)/C=C(/C)O.CC(=O)/C=C(/C)O.CC(=O)/C=C(/C)O.O.O.O.O.O.O.O.O.O.O.[Zr]. The molecule has 0 saturated heterocycles. The quantitative estimate of drug-likeness (QED) is 0.168. The minimum Gasteiger partial charge on any atom is -0.512 e. The molecule has 39 heavy (non-hydrogen) atoms. The average molecular weight is 672 g/mol. The minimum absolute atomic E-state index is 0. The van der Waals surface area contributed by atoms with Gasteiger partial charge in [0.05, 0.1) is 23.0 Å². The molecule has 0 bridgehead atoms. The molecule has 24 N–H and O–H groups in total. The summed E-state index contributed by atoms with van der Waals surface area (Å²) in [4.78, 5) is 40.1. The van der Waals surface area contributed by atoms with Gasteiger partial charge in [-0.15, -0.1) is 0 Å². The van der Waals surface area contributed by atoms with E-state index in [-0.39, 0.29) is 127 Å². The molecule has 0 aliphatic rings. The summed E-state index contributed by atoms with van der Waals surface area (Å²) in [6.45, 7) is 11.4. The summed E-state index contributed by atoms with van der Waals surface area (Å²) in [7, 11) is 0. The Morgan fingerprint density at radius 1 is 0.333 bits per heavy atom. The third kappa shape index (κ3) is 221. The standard InChI is InChI=1S/4C5H8O2.10H2O.Zr/c4*1-4(6)3-5(2)7;;;;;;;;;;;/h4*3,6H,1-2H3;10*1H2;/b4*4-3-;;;;;;;;;;;. The van der Waals surface area contributed by atoms with E-state index in [1.54, 1.807) is 0 Å². The summed E-state index contributed by atoms with van der Waals surface area (Å²) in [6.07, 6.45) is 4.67. The molecule has 0 aromatic rings. The molecule has 0 heterocycles. The second-order valence-electron chi connectivity index (χ2n) is 5.59.